The van der Waals surface area contributed by atoms with Crippen LogP contribution in [-0.2, 0) is 6.54 Å². The fraction of sp³-hybridized carbons (Fsp3) is 0.158. The van der Waals surface area contributed by atoms with Crippen molar-refractivity contribution >= 4 is 11.7 Å². The van der Waals surface area contributed by atoms with Crippen molar-refractivity contribution in [3.8, 4) is 11.3 Å². The third-order valence-corrected chi connectivity index (χ3v) is 4.15. The lowest BCUT2D eigenvalue weighted by molar-refractivity contribution is 0.0764. The van der Waals surface area contributed by atoms with Crippen LogP contribution in [0.4, 0.5) is 0 Å². The molecule has 0 bridgehead atoms. The zero-order chi connectivity index (χ0) is 18.1. The van der Waals surface area contributed by atoms with Gasteiger partial charge < -0.3 is 9.42 Å². The van der Waals surface area contributed by atoms with E-state index in [4.69, 9.17) is 4.52 Å². The maximum absolute atomic E-state index is 12.9. The van der Waals surface area contributed by atoms with E-state index in [-0.39, 0.29) is 5.91 Å². The van der Waals surface area contributed by atoms with Crippen molar-refractivity contribution in [3.63, 3.8) is 0 Å². The second kappa shape index (κ2) is 6.44. The second-order valence-corrected chi connectivity index (χ2v) is 6.04. The average Bonchev–Trinajstić information content (AvgIpc) is 3.25. The molecule has 0 atom stereocenters. The molecule has 7 nitrogen and oxygen atoms in total. The fourth-order valence-electron chi connectivity index (χ4n) is 2.87. The molecule has 4 aromatic rings. The average molecular weight is 347 g/mol. The molecule has 26 heavy (non-hydrogen) atoms. The molecule has 0 spiro atoms. The summed E-state index contributed by atoms with van der Waals surface area (Å²) in [7, 11) is 1.72. The quantitative estimate of drug-likeness (QED) is 0.567. The van der Waals surface area contributed by atoms with Crippen LogP contribution in [0.5, 0.6) is 0 Å². The summed E-state index contributed by atoms with van der Waals surface area (Å²) in [6.45, 7) is 2.11. The standard InChI is InChI=1S/C19H17N5O2/c1-13-17(24-10-6-9-20-19(24)21-13)18(25)23(2)12-15-11-16(22-26-15)14-7-4-3-5-8-14/h3-11H,12H2,1-2H3. The van der Waals surface area contributed by atoms with Crippen LogP contribution in [0.3, 0.4) is 0 Å². The Labute approximate surface area is 149 Å². The van der Waals surface area contributed by atoms with E-state index in [2.05, 4.69) is 15.1 Å². The van der Waals surface area contributed by atoms with Gasteiger partial charge in [0.25, 0.3) is 5.91 Å². The number of nitrogens with zero attached hydrogens (tertiary/aromatic N) is 5. The Hall–Kier alpha value is -3.48. The van der Waals surface area contributed by atoms with Gasteiger partial charge in [-0.15, -0.1) is 0 Å². The molecule has 4 rings (SSSR count). The van der Waals surface area contributed by atoms with E-state index < -0.39 is 0 Å². The maximum atomic E-state index is 12.9. The van der Waals surface area contributed by atoms with Crippen LogP contribution < -0.4 is 0 Å². The summed E-state index contributed by atoms with van der Waals surface area (Å²) in [5.41, 5.74) is 2.86. The Morgan fingerprint density at radius 1 is 1.23 bits per heavy atom. The van der Waals surface area contributed by atoms with E-state index in [1.54, 1.807) is 41.7 Å². The van der Waals surface area contributed by atoms with Gasteiger partial charge in [-0.25, -0.2) is 9.97 Å². The van der Waals surface area contributed by atoms with Gasteiger partial charge in [0.05, 0.1) is 12.2 Å². The summed E-state index contributed by atoms with van der Waals surface area (Å²) in [6, 6.07) is 13.4. The normalized spacial score (nSPS) is 11.0. The first kappa shape index (κ1) is 16.0. The van der Waals surface area contributed by atoms with Gasteiger partial charge in [-0.2, -0.15) is 0 Å². The smallest absolute Gasteiger partial charge is 0.272 e. The van der Waals surface area contributed by atoms with Gasteiger partial charge in [-0.3, -0.25) is 9.20 Å². The molecule has 3 aromatic heterocycles. The van der Waals surface area contributed by atoms with Crippen LogP contribution in [0.2, 0.25) is 0 Å². The third-order valence-electron chi connectivity index (χ3n) is 4.15. The van der Waals surface area contributed by atoms with E-state index in [0.717, 1.165) is 11.3 Å². The predicted octanol–water partition coefficient (Wildman–Crippen LogP) is 2.96. The van der Waals surface area contributed by atoms with Crippen molar-refractivity contribution in [2.45, 2.75) is 13.5 Å². The Kier molecular flexibility index (Phi) is 3.96. The number of hydrogen-bond acceptors (Lipinski definition) is 5. The minimum Gasteiger partial charge on any atom is -0.359 e. The number of fused-ring (bicyclic) bond motifs is 1. The highest BCUT2D eigenvalue weighted by atomic mass is 16.5. The number of aryl methyl sites for hydroxylation is 1. The van der Waals surface area contributed by atoms with Crippen LogP contribution >= 0.6 is 0 Å². The lowest BCUT2D eigenvalue weighted by Gasteiger charge is -2.15. The first-order valence-electron chi connectivity index (χ1n) is 8.19. The van der Waals surface area contributed by atoms with Gasteiger partial charge >= 0.3 is 0 Å². The molecule has 7 heteroatoms. The van der Waals surface area contributed by atoms with Gasteiger partial charge in [0.15, 0.2) is 5.76 Å². The highest BCUT2D eigenvalue weighted by molar-refractivity contribution is 5.94. The van der Waals surface area contributed by atoms with Crippen molar-refractivity contribution in [3.05, 3.63) is 72.0 Å². The Morgan fingerprint density at radius 2 is 2.04 bits per heavy atom. The molecule has 1 amide bonds. The van der Waals surface area contributed by atoms with Gasteiger partial charge in [0, 0.05) is 31.1 Å². The molecule has 3 heterocycles. The summed E-state index contributed by atoms with van der Waals surface area (Å²) in [5.74, 6) is 0.970. The fourth-order valence-corrected chi connectivity index (χ4v) is 2.87. The van der Waals surface area contributed by atoms with E-state index in [9.17, 15) is 4.79 Å². The molecule has 130 valence electrons. The topological polar surface area (TPSA) is 76.5 Å². The first-order chi connectivity index (χ1) is 12.6. The van der Waals surface area contributed by atoms with Crippen molar-refractivity contribution in [2.75, 3.05) is 7.05 Å². The Bertz CT molecular complexity index is 1070. The summed E-state index contributed by atoms with van der Waals surface area (Å²) < 4.78 is 7.09. The van der Waals surface area contributed by atoms with Crippen LogP contribution in [0, 0.1) is 6.92 Å². The van der Waals surface area contributed by atoms with Crippen LogP contribution in [-0.4, -0.2) is 37.4 Å². The van der Waals surface area contributed by atoms with Crippen LogP contribution in [0.15, 0.2) is 59.4 Å². The third kappa shape index (κ3) is 2.83. The highest BCUT2D eigenvalue weighted by Gasteiger charge is 2.21. The van der Waals surface area contributed by atoms with E-state index in [0.29, 0.717) is 29.5 Å². The van der Waals surface area contributed by atoms with Gasteiger partial charge in [0.2, 0.25) is 5.78 Å². The molecule has 0 radical (unpaired) electrons. The number of aromatic nitrogens is 4. The molecule has 0 saturated carbocycles. The molecule has 0 fully saturated rings. The molecule has 0 aliphatic carbocycles. The molecular formula is C19H17N5O2. The molecule has 0 N–H and O–H groups in total. The Morgan fingerprint density at radius 3 is 2.85 bits per heavy atom. The van der Waals surface area contributed by atoms with Crippen molar-refractivity contribution < 1.29 is 9.32 Å². The SMILES string of the molecule is Cc1nc2ncccn2c1C(=O)N(C)Cc1cc(-c2ccccc2)no1. The zero-order valence-electron chi connectivity index (χ0n) is 14.5. The van der Waals surface area contributed by atoms with Gasteiger partial charge in [0.1, 0.15) is 11.4 Å². The second-order valence-electron chi connectivity index (χ2n) is 6.04. The molecule has 0 saturated heterocycles. The van der Waals surface area contributed by atoms with E-state index in [1.165, 1.54) is 0 Å². The number of imidazole rings is 1. The molecule has 0 unspecified atom stereocenters. The van der Waals surface area contributed by atoms with Crippen molar-refractivity contribution in [1.82, 2.24) is 24.4 Å². The lowest BCUT2D eigenvalue weighted by Crippen LogP contribution is -2.27. The minimum atomic E-state index is -0.152. The summed E-state index contributed by atoms with van der Waals surface area (Å²) in [5, 5.41) is 4.09. The lowest BCUT2D eigenvalue weighted by atomic mass is 10.1. The van der Waals surface area contributed by atoms with Crippen molar-refractivity contribution in [2.24, 2.45) is 0 Å². The number of rotatable bonds is 4. The van der Waals surface area contributed by atoms with Gasteiger partial charge in [-0.05, 0) is 13.0 Å². The summed E-state index contributed by atoms with van der Waals surface area (Å²) >= 11 is 0. The molecule has 1 aromatic carbocycles. The Balaban J connectivity index is 1.56. The minimum absolute atomic E-state index is 0.152. The number of carbonyl (C=O) groups excluding carboxylic acids is 1. The molecule has 0 aliphatic rings. The monoisotopic (exact) mass is 347 g/mol. The van der Waals surface area contributed by atoms with E-state index >= 15 is 0 Å². The molecule has 0 aliphatic heterocycles. The number of amides is 1. The number of hydrogen-bond donors (Lipinski definition) is 0. The van der Waals surface area contributed by atoms with Crippen molar-refractivity contribution in [1.29, 1.82) is 0 Å². The largest absolute Gasteiger partial charge is 0.359 e. The van der Waals surface area contributed by atoms with Crippen LogP contribution in [0.1, 0.15) is 21.9 Å². The van der Waals surface area contributed by atoms with Crippen LogP contribution in [0.25, 0.3) is 17.0 Å². The zero-order valence-corrected chi connectivity index (χ0v) is 14.5. The highest BCUT2D eigenvalue weighted by Crippen LogP contribution is 2.20. The maximum Gasteiger partial charge on any atom is 0.272 e. The number of carbonyl (C=O) groups is 1. The number of benzene rings is 1. The van der Waals surface area contributed by atoms with E-state index in [1.807, 2.05) is 36.4 Å². The van der Waals surface area contributed by atoms with Gasteiger partial charge in [-0.1, -0.05) is 35.5 Å². The predicted molar refractivity (Wildman–Crippen MR) is 95.5 cm³/mol. The first-order valence-corrected chi connectivity index (χ1v) is 8.19. The summed E-state index contributed by atoms with van der Waals surface area (Å²) in [4.78, 5) is 23.0. The molecular weight excluding hydrogens is 330 g/mol. The summed E-state index contributed by atoms with van der Waals surface area (Å²) in [6.07, 6.45) is 3.44.